The van der Waals surface area contributed by atoms with Gasteiger partial charge in [0.2, 0.25) is 0 Å². The molecule has 1 saturated heterocycles. The van der Waals surface area contributed by atoms with Crippen LogP contribution in [0.25, 0.3) is 0 Å². The van der Waals surface area contributed by atoms with E-state index >= 15 is 0 Å². The maximum atomic E-state index is 10.8. The maximum absolute atomic E-state index is 10.8. The van der Waals surface area contributed by atoms with Crippen LogP contribution in [0.5, 0.6) is 0 Å². The fourth-order valence-corrected chi connectivity index (χ4v) is 2.50. The zero-order valence-corrected chi connectivity index (χ0v) is 11.9. The molecule has 0 amide bonds. The fourth-order valence-electron chi connectivity index (χ4n) is 1.37. The molecule has 0 N–H and O–H groups in total. The van der Waals surface area contributed by atoms with E-state index in [1.165, 1.54) is 0 Å². The summed E-state index contributed by atoms with van der Waals surface area (Å²) in [7, 11) is -3.42. The Labute approximate surface area is 104 Å². The van der Waals surface area contributed by atoms with E-state index in [0.717, 1.165) is 10.7 Å². The zero-order valence-electron chi connectivity index (χ0n) is 8.90. The highest BCUT2D eigenvalue weighted by molar-refractivity contribution is 14.1. The first-order valence-electron chi connectivity index (χ1n) is 4.49. The Kier molecular flexibility index (Phi) is 4.38. The Bertz CT molecular complexity index is 313. The van der Waals surface area contributed by atoms with Gasteiger partial charge in [0.05, 0.1) is 19.0 Å². The van der Waals surface area contributed by atoms with Gasteiger partial charge < -0.3 is 9.47 Å². The average molecular weight is 350 g/mol. The quantitative estimate of drug-likeness (QED) is 0.429. The minimum absolute atomic E-state index is 0.00985. The number of halogens is 1. The van der Waals surface area contributed by atoms with Crippen molar-refractivity contribution in [3.05, 3.63) is 0 Å². The second kappa shape index (κ2) is 4.82. The standard InChI is InChI=1S/C8H15IO5S/c1-8(2)13-6(4-9)7(14-8)5-12-15(3,10)11/h6-7H,4-5H2,1-3H3/t6-,7+/m0/s1. The van der Waals surface area contributed by atoms with Gasteiger partial charge in [-0.25, -0.2) is 0 Å². The van der Waals surface area contributed by atoms with Crippen molar-refractivity contribution in [1.29, 1.82) is 0 Å². The summed E-state index contributed by atoms with van der Waals surface area (Å²) in [6, 6.07) is 0. The van der Waals surface area contributed by atoms with E-state index in [1.807, 2.05) is 0 Å². The van der Waals surface area contributed by atoms with Gasteiger partial charge in [0.15, 0.2) is 5.79 Å². The lowest BCUT2D eigenvalue weighted by Crippen LogP contribution is -2.29. The first kappa shape index (κ1) is 13.6. The summed E-state index contributed by atoms with van der Waals surface area (Å²) in [5, 5.41) is 0. The smallest absolute Gasteiger partial charge is 0.264 e. The second-order valence-electron chi connectivity index (χ2n) is 3.86. The highest BCUT2D eigenvalue weighted by Gasteiger charge is 2.41. The largest absolute Gasteiger partial charge is 0.344 e. The van der Waals surface area contributed by atoms with Crippen molar-refractivity contribution in [2.75, 3.05) is 17.3 Å². The van der Waals surface area contributed by atoms with Crippen LogP contribution in [-0.2, 0) is 23.8 Å². The predicted molar refractivity (Wildman–Crippen MR) is 63.5 cm³/mol. The minimum Gasteiger partial charge on any atom is -0.344 e. The van der Waals surface area contributed by atoms with Crippen LogP contribution in [0.3, 0.4) is 0 Å². The van der Waals surface area contributed by atoms with Crippen molar-refractivity contribution in [3.8, 4) is 0 Å². The summed E-state index contributed by atoms with van der Waals surface area (Å²) in [5.74, 6) is -0.665. The molecule has 0 bridgehead atoms. The summed E-state index contributed by atoms with van der Waals surface area (Å²) in [6.45, 7) is 3.61. The molecule has 1 rings (SSSR count). The molecule has 1 aliphatic heterocycles. The molecular formula is C8H15IO5S. The van der Waals surface area contributed by atoms with Crippen LogP contribution in [0, 0.1) is 0 Å². The summed E-state index contributed by atoms with van der Waals surface area (Å²) < 4.78 is 38.2. The molecular weight excluding hydrogens is 335 g/mol. The van der Waals surface area contributed by atoms with Crippen molar-refractivity contribution < 1.29 is 22.1 Å². The summed E-state index contributed by atoms with van der Waals surface area (Å²) >= 11 is 2.17. The van der Waals surface area contributed by atoms with Crippen LogP contribution in [0.15, 0.2) is 0 Å². The molecule has 0 spiro atoms. The van der Waals surface area contributed by atoms with E-state index in [-0.39, 0.29) is 18.8 Å². The molecule has 2 atom stereocenters. The highest BCUT2D eigenvalue weighted by atomic mass is 127. The SMILES string of the molecule is CC1(C)O[C@@H](CI)[C@@H](COS(C)(=O)=O)O1. The normalized spacial score (nSPS) is 30.7. The first-order chi connectivity index (χ1) is 6.73. The van der Waals surface area contributed by atoms with Crippen molar-refractivity contribution in [2.45, 2.75) is 31.8 Å². The number of alkyl halides is 1. The Morgan fingerprint density at radius 1 is 1.33 bits per heavy atom. The van der Waals surface area contributed by atoms with Crippen molar-refractivity contribution in [2.24, 2.45) is 0 Å². The number of ether oxygens (including phenoxy) is 2. The predicted octanol–water partition coefficient (Wildman–Crippen LogP) is 0.918. The number of hydrogen-bond acceptors (Lipinski definition) is 5. The molecule has 0 aromatic rings. The fraction of sp³-hybridized carbons (Fsp3) is 1.00. The van der Waals surface area contributed by atoms with Crippen LogP contribution >= 0.6 is 22.6 Å². The molecule has 5 nitrogen and oxygen atoms in total. The molecule has 0 aliphatic carbocycles. The van der Waals surface area contributed by atoms with Crippen molar-refractivity contribution >= 4 is 32.7 Å². The zero-order chi connectivity index (χ0) is 11.7. The molecule has 90 valence electrons. The van der Waals surface area contributed by atoms with Crippen molar-refractivity contribution in [3.63, 3.8) is 0 Å². The van der Waals surface area contributed by atoms with Crippen LogP contribution in [-0.4, -0.2) is 43.7 Å². The third kappa shape index (κ3) is 4.51. The lowest BCUT2D eigenvalue weighted by molar-refractivity contribution is -0.146. The average Bonchev–Trinajstić information content (AvgIpc) is 2.36. The maximum Gasteiger partial charge on any atom is 0.264 e. The van der Waals surface area contributed by atoms with E-state index < -0.39 is 15.9 Å². The summed E-state index contributed by atoms with van der Waals surface area (Å²) in [5.41, 5.74) is 0. The van der Waals surface area contributed by atoms with Gasteiger partial charge in [-0.1, -0.05) is 22.6 Å². The van der Waals surface area contributed by atoms with Gasteiger partial charge >= 0.3 is 0 Å². The number of hydrogen-bond donors (Lipinski definition) is 0. The summed E-state index contributed by atoms with van der Waals surface area (Å²) in [4.78, 5) is 0. The molecule has 1 aliphatic rings. The van der Waals surface area contributed by atoms with E-state index in [9.17, 15) is 8.42 Å². The third-order valence-corrected chi connectivity index (χ3v) is 3.32. The van der Waals surface area contributed by atoms with Gasteiger partial charge in [0.1, 0.15) is 6.10 Å². The molecule has 1 heterocycles. The third-order valence-electron chi connectivity index (χ3n) is 1.88. The monoisotopic (exact) mass is 350 g/mol. The Morgan fingerprint density at radius 3 is 2.33 bits per heavy atom. The van der Waals surface area contributed by atoms with Crippen molar-refractivity contribution in [1.82, 2.24) is 0 Å². The van der Waals surface area contributed by atoms with Crippen LogP contribution < -0.4 is 0 Å². The Morgan fingerprint density at radius 2 is 1.87 bits per heavy atom. The molecule has 0 saturated carbocycles. The molecule has 1 fully saturated rings. The van der Waals surface area contributed by atoms with Gasteiger partial charge in [0, 0.05) is 4.43 Å². The molecule has 0 aromatic carbocycles. The number of rotatable bonds is 4. The molecule has 0 radical (unpaired) electrons. The second-order valence-corrected chi connectivity index (χ2v) is 6.38. The summed E-state index contributed by atoms with van der Waals surface area (Å²) in [6.07, 6.45) is 0.571. The van der Waals surface area contributed by atoms with Gasteiger partial charge in [-0.3, -0.25) is 4.18 Å². The van der Waals surface area contributed by atoms with Crippen LogP contribution in [0.2, 0.25) is 0 Å². The van der Waals surface area contributed by atoms with Gasteiger partial charge in [0.25, 0.3) is 10.1 Å². The topological polar surface area (TPSA) is 61.8 Å². The Hall–Kier alpha value is 0.560. The van der Waals surface area contributed by atoms with Crippen LogP contribution in [0.1, 0.15) is 13.8 Å². The van der Waals surface area contributed by atoms with E-state index in [1.54, 1.807) is 13.8 Å². The molecule has 0 unspecified atom stereocenters. The first-order valence-corrected chi connectivity index (χ1v) is 7.84. The Balaban J connectivity index is 2.54. The van der Waals surface area contributed by atoms with Gasteiger partial charge in [-0.05, 0) is 13.8 Å². The van der Waals surface area contributed by atoms with Gasteiger partial charge in [-0.15, -0.1) is 0 Å². The van der Waals surface area contributed by atoms with Crippen LogP contribution in [0.4, 0.5) is 0 Å². The lowest BCUT2D eigenvalue weighted by atomic mass is 10.2. The minimum atomic E-state index is -3.42. The molecule has 7 heteroatoms. The van der Waals surface area contributed by atoms with E-state index in [0.29, 0.717) is 0 Å². The van der Waals surface area contributed by atoms with E-state index in [2.05, 4.69) is 22.6 Å². The molecule has 15 heavy (non-hydrogen) atoms. The highest BCUT2D eigenvalue weighted by Crippen LogP contribution is 2.29. The lowest BCUT2D eigenvalue weighted by Gasteiger charge is -2.16. The van der Waals surface area contributed by atoms with Gasteiger partial charge in [-0.2, -0.15) is 8.42 Å². The van der Waals surface area contributed by atoms with E-state index in [4.69, 9.17) is 13.7 Å². The molecule has 0 aromatic heterocycles.